The maximum absolute atomic E-state index is 13.4. The van der Waals surface area contributed by atoms with Crippen molar-refractivity contribution in [2.24, 2.45) is 0 Å². The van der Waals surface area contributed by atoms with Crippen LogP contribution in [0.1, 0.15) is 30.1 Å². The van der Waals surface area contributed by atoms with Crippen LogP contribution >= 0.6 is 0 Å². The zero-order valence-corrected chi connectivity index (χ0v) is 14.0. The summed E-state index contributed by atoms with van der Waals surface area (Å²) in [5.41, 5.74) is 0.514. The fraction of sp³-hybridized carbons (Fsp3) is 0.263. The molecular formula is C19H20FNO4. The lowest BCUT2D eigenvalue weighted by Gasteiger charge is -2.09. The van der Waals surface area contributed by atoms with Crippen LogP contribution in [0.15, 0.2) is 48.5 Å². The number of carbonyl (C=O) groups excluding carboxylic acids is 2. The summed E-state index contributed by atoms with van der Waals surface area (Å²) in [6.07, 6.45) is 1.78. The molecule has 132 valence electrons. The quantitative estimate of drug-likeness (QED) is 0.584. The normalized spacial score (nSPS) is 10.2. The minimum atomic E-state index is -0.512. The van der Waals surface area contributed by atoms with Crippen molar-refractivity contribution in [2.45, 2.75) is 19.8 Å². The van der Waals surface area contributed by atoms with Crippen LogP contribution in [0.4, 0.5) is 10.1 Å². The Labute approximate surface area is 145 Å². The molecule has 0 bridgehead atoms. The molecule has 1 N–H and O–H groups in total. The van der Waals surface area contributed by atoms with Crippen molar-refractivity contribution < 1.29 is 23.5 Å². The topological polar surface area (TPSA) is 64.6 Å². The van der Waals surface area contributed by atoms with E-state index in [2.05, 4.69) is 5.32 Å². The number of hydrogen-bond acceptors (Lipinski definition) is 4. The maximum atomic E-state index is 13.4. The summed E-state index contributed by atoms with van der Waals surface area (Å²) in [5, 5.41) is 2.43. The maximum Gasteiger partial charge on any atom is 0.338 e. The number of esters is 1. The summed E-state index contributed by atoms with van der Waals surface area (Å²) in [4.78, 5) is 23.6. The molecule has 0 fully saturated rings. The molecule has 5 nitrogen and oxygen atoms in total. The smallest absolute Gasteiger partial charge is 0.338 e. The molecule has 6 heteroatoms. The van der Waals surface area contributed by atoms with E-state index in [-0.39, 0.29) is 12.3 Å². The van der Waals surface area contributed by atoms with E-state index in [0.717, 1.165) is 12.8 Å². The predicted octanol–water partition coefficient (Wildman–Crippen LogP) is 3.80. The van der Waals surface area contributed by atoms with Gasteiger partial charge in [0.05, 0.1) is 17.9 Å². The van der Waals surface area contributed by atoms with Crippen LogP contribution < -0.4 is 10.1 Å². The van der Waals surface area contributed by atoms with E-state index in [1.807, 2.05) is 6.92 Å². The van der Waals surface area contributed by atoms with Gasteiger partial charge in [-0.15, -0.1) is 0 Å². The molecule has 0 saturated heterocycles. The van der Waals surface area contributed by atoms with E-state index in [1.54, 1.807) is 30.3 Å². The van der Waals surface area contributed by atoms with Crippen LogP contribution in [0.2, 0.25) is 0 Å². The lowest BCUT2D eigenvalue weighted by Crippen LogP contribution is -2.20. The third-order valence-electron chi connectivity index (χ3n) is 3.34. The Hall–Kier alpha value is -2.89. The summed E-state index contributed by atoms with van der Waals surface area (Å²) in [6.45, 7) is 2.14. The molecule has 0 heterocycles. The predicted molar refractivity (Wildman–Crippen MR) is 92.2 cm³/mol. The zero-order valence-electron chi connectivity index (χ0n) is 14.0. The fourth-order valence-corrected chi connectivity index (χ4v) is 1.98. The van der Waals surface area contributed by atoms with Gasteiger partial charge in [-0.25, -0.2) is 9.18 Å². The number of carbonyl (C=O) groups is 2. The summed E-state index contributed by atoms with van der Waals surface area (Å²) in [7, 11) is 0. The van der Waals surface area contributed by atoms with Crippen molar-refractivity contribution in [3.05, 3.63) is 59.9 Å². The van der Waals surface area contributed by atoms with Gasteiger partial charge in [0, 0.05) is 0 Å². The summed E-state index contributed by atoms with van der Waals surface area (Å²) in [5.74, 6) is -0.957. The highest BCUT2D eigenvalue weighted by molar-refractivity contribution is 5.92. The largest absolute Gasteiger partial charge is 0.484 e. The van der Waals surface area contributed by atoms with Crippen LogP contribution in [0.25, 0.3) is 0 Å². The van der Waals surface area contributed by atoms with E-state index in [4.69, 9.17) is 9.47 Å². The third kappa shape index (κ3) is 5.91. The first-order valence-corrected chi connectivity index (χ1v) is 8.04. The van der Waals surface area contributed by atoms with Crippen molar-refractivity contribution in [3.63, 3.8) is 0 Å². The number of ether oxygens (including phenoxy) is 2. The van der Waals surface area contributed by atoms with Crippen LogP contribution in [-0.2, 0) is 9.53 Å². The fourth-order valence-electron chi connectivity index (χ4n) is 1.98. The number of hydrogen-bond donors (Lipinski definition) is 1. The molecule has 2 rings (SSSR count). The number of anilines is 1. The first-order chi connectivity index (χ1) is 12.1. The average Bonchev–Trinajstić information content (AvgIpc) is 2.62. The van der Waals surface area contributed by atoms with Crippen molar-refractivity contribution >= 4 is 17.6 Å². The number of benzene rings is 2. The van der Waals surface area contributed by atoms with Gasteiger partial charge < -0.3 is 14.8 Å². The molecule has 0 atom stereocenters. The monoisotopic (exact) mass is 345 g/mol. The van der Waals surface area contributed by atoms with Gasteiger partial charge in [0.25, 0.3) is 5.91 Å². The third-order valence-corrected chi connectivity index (χ3v) is 3.34. The number of unbranched alkanes of at least 4 members (excludes halogenated alkanes) is 1. The van der Waals surface area contributed by atoms with Crippen molar-refractivity contribution in [1.82, 2.24) is 0 Å². The number of nitrogens with one attached hydrogen (secondary N) is 1. The molecule has 0 radical (unpaired) electrons. The Kier molecular flexibility index (Phi) is 6.95. The number of para-hydroxylation sites is 1. The molecule has 0 saturated carbocycles. The van der Waals surface area contributed by atoms with Gasteiger partial charge in [-0.1, -0.05) is 25.5 Å². The van der Waals surface area contributed by atoms with E-state index >= 15 is 0 Å². The van der Waals surface area contributed by atoms with Crippen LogP contribution in [0.5, 0.6) is 5.75 Å². The van der Waals surface area contributed by atoms with E-state index in [9.17, 15) is 14.0 Å². The minimum Gasteiger partial charge on any atom is -0.484 e. The standard InChI is InChI=1S/C19H20FNO4/c1-2-3-12-24-19(23)14-8-10-15(11-9-14)25-13-18(22)21-17-7-5-4-6-16(17)20/h4-11H,2-3,12-13H2,1H3,(H,21,22). The first-order valence-electron chi connectivity index (χ1n) is 8.04. The van der Waals surface area contributed by atoms with Crippen molar-refractivity contribution in [3.8, 4) is 5.75 Å². The molecule has 0 aliphatic rings. The SMILES string of the molecule is CCCCOC(=O)c1ccc(OCC(=O)Nc2ccccc2F)cc1. The van der Waals surface area contributed by atoms with Gasteiger partial charge in [-0.3, -0.25) is 4.79 Å². The van der Waals surface area contributed by atoms with Gasteiger partial charge in [-0.05, 0) is 42.8 Å². The molecule has 0 aromatic heterocycles. The lowest BCUT2D eigenvalue weighted by atomic mass is 10.2. The molecule has 2 aromatic carbocycles. The molecule has 25 heavy (non-hydrogen) atoms. The van der Waals surface area contributed by atoms with Crippen LogP contribution in [0.3, 0.4) is 0 Å². The summed E-state index contributed by atoms with van der Waals surface area (Å²) >= 11 is 0. The molecule has 0 unspecified atom stereocenters. The zero-order chi connectivity index (χ0) is 18.1. The Morgan fingerprint density at radius 3 is 2.48 bits per heavy atom. The van der Waals surface area contributed by atoms with Crippen molar-refractivity contribution in [2.75, 3.05) is 18.5 Å². The molecule has 0 aliphatic heterocycles. The van der Waals surface area contributed by atoms with E-state index < -0.39 is 17.7 Å². The number of amides is 1. The Bertz CT molecular complexity index is 716. The van der Waals surface area contributed by atoms with Gasteiger partial charge in [-0.2, -0.15) is 0 Å². The molecule has 0 spiro atoms. The van der Waals surface area contributed by atoms with Crippen LogP contribution in [-0.4, -0.2) is 25.1 Å². The summed E-state index contributed by atoms with van der Waals surface area (Å²) in [6, 6.07) is 12.2. The number of halogens is 1. The second-order valence-electron chi connectivity index (χ2n) is 5.33. The van der Waals surface area contributed by atoms with Crippen LogP contribution in [0, 0.1) is 5.82 Å². The Morgan fingerprint density at radius 2 is 1.80 bits per heavy atom. The second kappa shape index (κ2) is 9.42. The number of rotatable bonds is 8. The molecule has 2 aromatic rings. The van der Waals surface area contributed by atoms with Gasteiger partial charge in [0.15, 0.2) is 6.61 Å². The average molecular weight is 345 g/mol. The Balaban J connectivity index is 1.82. The summed E-state index contributed by atoms with van der Waals surface area (Å²) < 4.78 is 23.9. The van der Waals surface area contributed by atoms with Gasteiger partial charge >= 0.3 is 5.97 Å². The van der Waals surface area contributed by atoms with E-state index in [0.29, 0.717) is 17.9 Å². The van der Waals surface area contributed by atoms with Crippen molar-refractivity contribution in [1.29, 1.82) is 0 Å². The molecular weight excluding hydrogens is 325 g/mol. The highest BCUT2D eigenvalue weighted by Crippen LogP contribution is 2.15. The molecule has 1 amide bonds. The van der Waals surface area contributed by atoms with E-state index in [1.165, 1.54) is 18.2 Å². The highest BCUT2D eigenvalue weighted by atomic mass is 19.1. The minimum absolute atomic E-state index is 0.0984. The Morgan fingerprint density at radius 1 is 1.08 bits per heavy atom. The highest BCUT2D eigenvalue weighted by Gasteiger charge is 2.09. The van der Waals surface area contributed by atoms with Gasteiger partial charge in [0.1, 0.15) is 11.6 Å². The first kappa shape index (κ1) is 18.4. The molecule has 0 aliphatic carbocycles. The van der Waals surface area contributed by atoms with Gasteiger partial charge in [0.2, 0.25) is 0 Å². The lowest BCUT2D eigenvalue weighted by molar-refractivity contribution is -0.118. The second-order valence-corrected chi connectivity index (χ2v) is 5.33.